The Hall–Kier alpha value is -1.55. The van der Waals surface area contributed by atoms with Gasteiger partial charge >= 0.3 is 0 Å². The molecule has 0 radical (unpaired) electrons. The molecule has 1 aromatic rings. The maximum absolute atomic E-state index is 11.8. The number of ether oxygens (including phenoxy) is 1. The summed E-state index contributed by atoms with van der Waals surface area (Å²) in [5.41, 5.74) is 6.73. The lowest BCUT2D eigenvalue weighted by molar-refractivity contribution is -0.130. The number of carbonyl (C=O) groups is 1. The van der Waals surface area contributed by atoms with Crippen molar-refractivity contribution in [2.75, 3.05) is 14.2 Å². The highest BCUT2D eigenvalue weighted by molar-refractivity contribution is 5.75. The van der Waals surface area contributed by atoms with E-state index in [1.54, 1.807) is 12.0 Å². The molecule has 0 saturated carbocycles. The number of hydrogen-bond donors (Lipinski definition) is 1. The van der Waals surface area contributed by atoms with Crippen LogP contribution in [0.4, 0.5) is 0 Å². The highest BCUT2D eigenvalue weighted by Gasteiger charge is 2.10. The van der Waals surface area contributed by atoms with E-state index in [4.69, 9.17) is 10.5 Å². The van der Waals surface area contributed by atoms with Crippen LogP contribution in [0, 0.1) is 0 Å². The molecule has 4 heteroatoms. The Morgan fingerprint density at radius 2 is 2.00 bits per heavy atom. The second-order valence-corrected chi connectivity index (χ2v) is 4.61. The number of nitrogens with two attached hydrogens (primary N) is 1. The van der Waals surface area contributed by atoms with Gasteiger partial charge < -0.3 is 15.4 Å². The predicted molar refractivity (Wildman–Crippen MR) is 72.4 cm³/mol. The smallest absolute Gasteiger partial charge is 0.222 e. The van der Waals surface area contributed by atoms with Crippen molar-refractivity contribution in [3.63, 3.8) is 0 Å². The fourth-order valence-electron chi connectivity index (χ4n) is 1.63. The normalized spacial score (nSPS) is 12.0. The maximum atomic E-state index is 11.8. The summed E-state index contributed by atoms with van der Waals surface area (Å²) in [6.45, 7) is 2.53. The number of hydrogen-bond acceptors (Lipinski definition) is 3. The summed E-state index contributed by atoms with van der Waals surface area (Å²) in [5, 5.41) is 0. The molecule has 0 saturated heterocycles. The van der Waals surface area contributed by atoms with Gasteiger partial charge in [-0.25, -0.2) is 0 Å². The minimum absolute atomic E-state index is 0.0725. The summed E-state index contributed by atoms with van der Waals surface area (Å²) in [6, 6.07) is 7.80. The van der Waals surface area contributed by atoms with E-state index >= 15 is 0 Å². The van der Waals surface area contributed by atoms with Gasteiger partial charge in [-0.1, -0.05) is 12.1 Å². The Labute approximate surface area is 109 Å². The molecule has 0 spiro atoms. The molecular weight excluding hydrogens is 228 g/mol. The molecule has 1 atom stereocenters. The summed E-state index contributed by atoms with van der Waals surface area (Å²) < 4.78 is 5.09. The van der Waals surface area contributed by atoms with Crippen molar-refractivity contribution >= 4 is 5.91 Å². The molecule has 2 N–H and O–H groups in total. The Morgan fingerprint density at radius 1 is 1.39 bits per heavy atom. The fourth-order valence-corrected chi connectivity index (χ4v) is 1.63. The molecule has 1 amide bonds. The zero-order valence-corrected chi connectivity index (χ0v) is 11.3. The molecule has 1 aromatic carbocycles. The summed E-state index contributed by atoms with van der Waals surface area (Å²) in [5.74, 6) is 0.952. The van der Waals surface area contributed by atoms with Crippen LogP contribution in [0.1, 0.15) is 25.3 Å². The first-order chi connectivity index (χ1) is 8.52. The summed E-state index contributed by atoms with van der Waals surface area (Å²) >= 11 is 0. The van der Waals surface area contributed by atoms with Gasteiger partial charge in [-0.3, -0.25) is 4.79 Å². The first-order valence-corrected chi connectivity index (χ1v) is 6.15. The van der Waals surface area contributed by atoms with Gasteiger partial charge in [-0.15, -0.1) is 0 Å². The number of nitrogens with zero attached hydrogens (tertiary/aromatic N) is 1. The highest BCUT2D eigenvalue weighted by Crippen LogP contribution is 2.13. The molecule has 1 unspecified atom stereocenters. The molecule has 4 nitrogen and oxygen atoms in total. The van der Waals surface area contributed by atoms with E-state index < -0.39 is 0 Å². The van der Waals surface area contributed by atoms with E-state index in [0.717, 1.165) is 17.7 Å². The van der Waals surface area contributed by atoms with Crippen LogP contribution in [-0.4, -0.2) is 31.0 Å². The average Bonchev–Trinajstić information content (AvgIpc) is 2.36. The van der Waals surface area contributed by atoms with Crippen LogP contribution in [0.2, 0.25) is 0 Å². The Balaban J connectivity index is 2.47. The minimum Gasteiger partial charge on any atom is -0.497 e. The van der Waals surface area contributed by atoms with E-state index in [9.17, 15) is 4.79 Å². The van der Waals surface area contributed by atoms with Gasteiger partial charge in [-0.05, 0) is 31.0 Å². The summed E-state index contributed by atoms with van der Waals surface area (Å²) in [6.07, 6.45) is 1.23. The van der Waals surface area contributed by atoms with Crippen LogP contribution in [0.3, 0.4) is 0 Å². The standard InChI is InChI=1S/C14H22N2O2/c1-11(15)4-9-14(17)16(2)10-12-5-7-13(18-3)8-6-12/h5-8,11H,4,9-10,15H2,1-3H3. The Morgan fingerprint density at radius 3 is 2.50 bits per heavy atom. The van der Waals surface area contributed by atoms with Crippen molar-refractivity contribution in [1.29, 1.82) is 0 Å². The van der Waals surface area contributed by atoms with Gasteiger partial charge in [0.2, 0.25) is 5.91 Å². The third-order valence-electron chi connectivity index (χ3n) is 2.82. The second-order valence-electron chi connectivity index (χ2n) is 4.61. The van der Waals surface area contributed by atoms with Crippen molar-refractivity contribution in [3.8, 4) is 5.75 Å². The molecule has 100 valence electrons. The van der Waals surface area contributed by atoms with E-state index in [1.165, 1.54) is 0 Å². The summed E-state index contributed by atoms with van der Waals surface area (Å²) in [4.78, 5) is 13.5. The van der Waals surface area contributed by atoms with Gasteiger partial charge in [0.1, 0.15) is 5.75 Å². The number of carbonyl (C=O) groups excluding carboxylic acids is 1. The fraction of sp³-hybridized carbons (Fsp3) is 0.500. The van der Waals surface area contributed by atoms with Crippen molar-refractivity contribution in [2.45, 2.75) is 32.4 Å². The van der Waals surface area contributed by atoms with Crippen LogP contribution < -0.4 is 10.5 Å². The predicted octanol–water partition coefficient (Wildman–Crippen LogP) is 1.78. The van der Waals surface area contributed by atoms with Gasteiger partial charge in [0, 0.05) is 26.1 Å². The van der Waals surface area contributed by atoms with E-state index in [2.05, 4.69) is 0 Å². The number of methoxy groups -OCH3 is 1. The second kappa shape index (κ2) is 7.01. The molecule has 0 aliphatic carbocycles. The largest absolute Gasteiger partial charge is 0.497 e. The van der Waals surface area contributed by atoms with Crippen LogP contribution in [0.5, 0.6) is 5.75 Å². The third-order valence-corrected chi connectivity index (χ3v) is 2.82. The molecule has 0 bridgehead atoms. The number of amides is 1. The quantitative estimate of drug-likeness (QED) is 0.837. The van der Waals surface area contributed by atoms with Crippen LogP contribution in [-0.2, 0) is 11.3 Å². The lowest BCUT2D eigenvalue weighted by Gasteiger charge is -2.18. The third kappa shape index (κ3) is 4.75. The molecule has 0 aliphatic rings. The topological polar surface area (TPSA) is 55.6 Å². The van der Waals surface area contributed by atoms with E-state index in [0.29, 0.717) is 13.0 Å². The Bertz CT molecular complexity index is 374. The number of benzene rings is 1. The lowest BCUT2D eigenvalue weighted by atomic mass is 10.1. The van der Waals surface area contributed by atoms with Crippen molar-refractivity contribution in [3.05, 3.63) is 29.8 Å². The average molecular weight is 250 g/mol. The SMILES string of the molecule is COc1ccc(CN(C)C(=O)CCC(C)N)cc1. The molecule has 18 heavy (non-hydrogen) atoms. The van der Waals surface area contributed by atoms with E-state index in [-0.39, 0.29) is 11.9 Å². The minimum atomic E-state index is 0.0725. The van der Waals surface area contributed by atoms with Crippen LogP contribution in [0.15, 0.2) is 24.3 Å². The molecule has 1 rings (SSSR count). The summed E-state index contributed by atoms with van der Waals surface area (Å²) in [7, 11) is 3.45. The zero-order valence-electron chi connectivity index (χ0n) is 11.3. The Kier molecular flexibility index (Phi) is 5.65. The molecule has 0 aliphatic heterocycles. The first kappa shape index (κ1) is 14.5. The molecule has 0 heterocycles. The zero-order chi connectivity index (χ0) is 13.5. The molecular formula is C14H22N2O2. The van der Waals surface area contributed by atoms with Gasteiger partial charge in [0.25, 0.3) is 0 Å². The maximum Gasteiger partial charge on any atom is 0.222 e. The van der Waals surface area contributed by atoms with Crippen molar-refractivity contribution in [2.24, 2.45) is 5.73 Å². The monoisotopic (exact) mass is 250 g/mol. The van der Waals surface area contributed by atoms with Gasteiger partial charge in [0.15, 0.2) is 0 Å². The first-order valence-electron chi connectivity index (χ1n) is 6.15. The van der Waals surface area contributed by atoms with Crippen LogP contribution in [0.25, 0.3) is 0 Å². The van der Waals surface area contributed by atoms with Crippen LogP contribution >= 0.6 is 0 Å². The lowest BCUT2D eigenvalue weighted by Crippen LogP contribution is -2.27. The highest BCUT2D eigenvalue weighted by atomic mass is 16.5. The van der Waals surface area contributed by atoms with Crippen molar-refractivity contribution < 1.29 is 9.53 Å². The molecule has 0 aromatic heterocycles. The van der Waals surface area contributed by atoms with Crippen molar-refractivity contribution in [1.82, 2.24) is 4.90 Å². The molecule has 0 fully saturated rings. The van der Waals surface area contributed by atoms with Gasteiger partial charge in [0.05, 0.1) is 7.11 Å². The van der Waals surface area contributed by atoms with E-state index in [1.807, 2.05) is 38.2 Å². The van der Waals surface area contributed by atoms with Gasteiger partial charge in [-0.2, -0.15) is 0 Å². The number of rotatable bonds is 6.